The summed E-state index contributed by atoms with van der Waals surface area (Å²) in [5.74, 6) is 2.38. The van der Waals surface area contributed by atoms with Crippen molar-refractivity contribution in [3.63, 3.8) is 0 Å². The van der Waals surface area contributed by atoms with Crippen LogP contribution in [0.3, 0.4) is 0 Å². The van der Waals surface area contributed by atoms with Crippen LogP contribution in [0.4, 0.5) is 0 Å². The van der Waals surface area contributed by atoms with Gasteiger partial charge in [-0.3, -0.25) is 0 Å². The zero-order valence-corrected chi connectivity index (χ0v) is 12.4. The standard InChI is InChI=1S/C16H24NO2/c1-12(2)5-7-17-8-6-13-9-15(18-3)16(19-4)10-14(13)11-17/h9-12H,5-8H2,1-4H3/q+1. The lowest BCUT2D eigenvalue weighted by atomic mass is 10.0. The Balaban J connectivity index is 2.24. The van der Waals surface area contributed by atoms with Crippen molar-refractivity contribution in [1.29, 1.82) is 0 Å². The predicted octanol–water partition coefficient (Wildman–Crippen LogP) is 2.74. The normalized spacial score (nSPS) is 14.1. The molecule has 1 aliphatic rings. The Morgan fingerprint density at radius 1 is 1.16 bits per heavy atom. The summed E-state index contributed by atoms with van der Waals surface area (Å²) in [6, 6.07) is 4.18. The van der Waals surface area contributed by atoms with Crippen LogP contribution in [-0.2, 0) is 6.42 Å². The van der Waals surface area contributed by atoms with Gasteiger partial charge in [-0.15, -0.1) is 0 Å². The molecule has 0 radical (unpaired) electrons. The van der Waals surface area contributed by atoms with Crippen molar-refractivity contribution in [2.45, 2.75) is 26.7 Å². The van der Waals surface area contributed by atoms with E-state index in [2.05, 4.69) is 36.8 Å². The van der Waals surface area contributed by atoms with Gasteiger partial charge >= 0.3 is 0 Å². The van der Waals surface area contributed by atoms with E-state index in [-0.39, 0.29) is 0 Å². The molecule has 1 heterocycles. The summed E-state index contributed by atoms with van der Waals surface area (Å²) in [7, 11) is 3.37. The molecule has 0 atom stereocenters. The van der Waals surface area contributed by atoms with Gasteiger partial charge in [-0.2, -0.15) is 0 Å². The van der Waals surface area contributed by atoms with Crippen molar-refractivity contribution in [3.05, 3.63) is 23.3 Å². The lowest BCUT2D eigenvalue weighted by Gasteiger charge is -2.16. The average Bonchev–Trinajstić information content (AvgIpc) is 2.43. The molecule has 0 aromatic heterocycles. The van der Waals surface area contributed by atoms with E-state index >= 15 is 0 Å². The lowest BCUT2D eigenvalue weighted by Crippen LogP contribution is -2.24. The highest BCUT2D eigenvalue weighted by molar-refractivity contribution is 5.80. The molecule has 1 aliphatic heterocycles. The first-order valence-electron chi connectivity index (χ1n) is 6.98. The average molecular weight is 262 g/mol. The molecule has 0 amide bonds. The van der Waals surface area contributed by atoms with E-state index in [0.29, 0.717) is 0 Å². The fraction of sp³-hybridized carbons (Fsp3) is 0.562. The number of nitrogens with zero attached hydrogens (tertiary/aromatic N) is 1. The van der Waals surface area contributed by atoms with Crippen molar-refractivity contribution >= 4 is 6.21 Å². The number of rotatable bonds is 5. The number of fused-ring (bicyclic) bond motifs is 1. The second-order valence-electron chi connectivity index (χ2n) is 5.50. The molecule has 1 aromatic rings. The molecule has 2 rings (SSSR count). The minimum Gasteiger partial charge on any atom is -0.493 e. The van der Waals surface area contributed by atoms with E-state index < -0.39 is 0 Å². The molecule has 0 N–H and O–H groups in total. The Morgan fingerprint density at radius 3 is 2.47 bits per heavy atom. The molecular weight excluding hydrogens is 238 g/mol. The summed E-state index contributed by atoms with van der Waals surface area (Å²) in [5, 5.41) is 0. The number of hydrogen-bond donors (Lipinski definition) is 0. The van der Waals surface area contributed by atoms with Crippen LogP contribution in [0.1, 0.15) is 31.4 Å². The molecule has 0 fully saturated rings. The van der Waals surface area contributed by atoms with E-state index in [0.717, 1.165) is 36.9 Å². The van der Waals surface area contributed by atoms with Crippen LogP contribution < -0.4 is 9.47 Å². The number of ether oxygens (including phenoxy) is 2. The van der Waals surface area contributed by atoms with Gasteiger partial charge in [0.2, 0.25) is 0 Å². The molecule has 1 aromatic carbocycles. The smallest absolute Gasteiger partial charge is 0.171 e. The van der Waals surface area contributed by atoms with E-state index in [9.17, 15) is 0 Å². The van der Waals surface area contributed by atoms with Crippen molar-refractivity contribution in [3.8, 4) is 11.5 Å². The number of benzene rings is 1. The summed E-state index contributed by atoms with van der Waals surface area (Å²) in [6.45, 7) is 6.76. The molecule has 3 nitrogen and oxygen atoms in total. The maximum atomic E-state index is 5.37. The lowest BCUT2D eigenvalue weighted by molar-refractivity contribution is -0.525. The van der Waals surface area contributed by atoms with Gasteiger partial charge < -0.3 is 9.47 Å². The molecule has 19 heavy (non-hydrogen) atoms. The first-order chi connectivity index (χ1) is 9.13. The number of methoxy groups -OCH3 is 2. The minimum atomic E-state index is 0.750. The van der Waals surface area contributed by atoms with Crippen LogP contribution >= 0.6 is 0 Å². The summed E-state index contributed by atoms with van der Waals surface area (Å²) >= 11 is 0. The Kier molecular flexibility index (Phi) is 4.46. The largest absolute Gasteiger partial charge is 0.493 e. The first-order valence-corrected chi connectivity index (χ1v) is 6.98. The Hall–Kier alpha value is -1.51. The Labute approximate surface area is 115 Å². The van der Waals surface area contributed by atoms with Crippen molar-refractivity contribution in [1.82, 2.24) is 0 Å². The second-order valence-corrected chi connectivity index (χ2v) is 5.50. The molecule has 0 bridgehead atoms. The minimum absolute atomic E-state index is 0.750. The van der Waals surface area contributed by atoms with Crippen LogP contribution in [0, 0.1) is 5.92 Å². The van der Waals surface area contributed by atoms with Crippen molar-refractivity contribution < 1.29 is 14.0 Å². The van der Waals surface area contributed by atoms with Gasteiger partial charge in [-0.05, 0) is 23.6 Å². The van der Waals surface area contributed by atoms with Gasteiger partial charge in [0, 0.05) is 18.4 Å². The molecule has 104 valence electrons. The summed E-state index contributed by atoms with van der Waals surface area (Å²) in [4.78, 5) is 0. The Bertz CT molecular complexity index is 478. The highest BCUT2D eigenvalue weighted by Gasteiger charge is 2.19. The van der Waals surface area contributed by atoms with E-state index in [1.807, 2.05) is 0 Å². The van der Waals surface area contributed by atoms with Crippen LogP contribution in [0.5, 0.6) is 11.5 Å². The highest BCUT2D eigenvalue weighted by Crippen LogP contribution is 2.31. The third-order valence-corrected chi connectivity index (χ3v) is 3.63. The zero-order chi connectivity index (χ0) is 13.8. The monoisotopic (exact) mass is 262 g/mol. The molecule has 0 spiro atoms. The predicted molar refractivity (Wildman–Crippen MR) is 77.9 cm³/mol. The van der Waals surface area contributed by atoms with Crippen molar-refractivity contribution in [2.75, 3.05) is 27.3 Å². The molecular formula is C16H24NO2+. The number of hydrogen-bond acceptors (Lipinski definition) is 2. The molecule has 0 saturated heterocycles. The summed E-state index contributed by atoms with van der Waals surface area (Å²) in [6.07, 6.45) is 4.56. The third-order valence-electron chi connectivity index (χ3n) is 3.63. The van der Waals surface area contributed by atoms with Gasteiger partial charge in [-0.25, -0.2) is 4.58 Å². The van der Waals surface area contributed by atoms with Gasteiger partial charge in [0.1, 0.15) is 13.1 Å². The first kappa shape index (κ1) is 13.9. The topological polar surface area (TPSA) is 21.5 Å². The SMILES string of the molecule is COc1cc2c(cc1OC)CC[N+](CCC(C)C)=C2. The second kappa shape index (κ2) is 6.09. The maximum Gasteiger partial charge on any atom is 0.171 e. The quantitative estimate of drug-likeness (QED) is 0.761. The van der Waals surface area contributed by atoms with Gasteiger partial charge in [0.05, 0.1) is 14.2 Å². The van der Waals surface area contributed by atoms with E-state index in [4.69, 9.17) is 9.47 Å². The summed E-state index contributed by atoms with van der Waals surface area (Å²) in [5.41, 5.74) is 2.60. The van der Waals surface area contributed by atoms with E-state index in [1.54, 1.807) is 14.2 Å². The van der Waals surface area contributed by atoms with Crippen molar-refractivity contribution in [2.24, 2.45) is 5.92 Å². The summed E-state index contributed by atoms with van der Waals surface area (Å²) < 4.78 is 13.1. The highest BCUT2D eigenvalue weighted by atomic mass is 16.5. The van der Waals surface area contributed by atoms with Gasteiger partial charge in [0.15, 0.2) is 17.7 Å². The maximum absolute atomic E-state index is 5.37. The van der Waals surface area contributed by atoms with Crippen LogP contribution in [0.15, 0.2) is 12.1 Å². The zero-order valence-electron chi connectivity index (χ0n) is 12.4. The van der Waals surface area contributed by atoms with E-state index in [1.165, 1.54) is 17.5 Å². The van der Waals surface area contributed by atoms with Crippen LogP contribution in [-0.4, -0.2) is 38.1 Å². The van der Waals surface area contributed by atoms with Crippen LogP contribution in [0.25, 0.3) is 0 Å². The van der Waals surface area contributed by atoms with Gasteiger partial charge in [-0.1, -0.05) is 13.8 Å². The van der Waals surface area contributed by atoms with Crippen LogP contribution in [0.2, 0.25) is 0 Å². The molecule has 0 unspecified atom stereocenters. The molecule has 0 aliphatic carbocycles. The fourth-order valence-electron chi connectivity index (χ4n) is 2.40. The molecule has 3 heteroatoms. The third kappa shape index (κ3) is 3.28. The fourth-order valence-corrected chi connectivity index (χ4v) is 2.40. The van der Waals surface area contributed by atoms with Gasteiger partial charge in [0.25, 0.3) is 0 Å². The molecule has 0 saturated carbocycles. The Morgan fingerprint density at radius 2 is 1.84 bits per heavy atom.